The first-order chi connectivity index (χ1) is 9.73. The number of amides is 1. The lowest BCUT2D eigenvalue weighted by Gasteiger charge is -2.30. The Labute approximate surface area is 125 Å². The summed E-state index contributed by atoms with van der Waals surface area (Å²) in [6.07, 6.45) is 0. The van der Waals surface area contributed by atoms with Crippen LogP contribution in [0.4, 0.5) is 5.69 Å². The number of carbonyl (C=O) groups is 1. The first kappa shape index (κ1) is 17.1. The van der Waals surface area contributed by atoms with Gasteiger partial charge in [-0.1, -0.05) is 26.0 Å². The molecule has 1 rings (SSSR count). The number of nitrogens with zero attached hydrogens (tertiary/aromatic N) is 2. The third-order valence-electron chi connectivity index (χ3n) is 3.41. The van der Waals surface area contributed by atoms with E-state index in [2.05, 4.69) is 0 Å². The molecule has 1 atom stereocenters. The maximum Gasteiger partial charge on any atom is 0.269 e. The predicted molar refractivity (Wildman–Crippen MR) is 81.6 cm³/mol. The molecule has 6 heteroatoms. The normalized spacial score (nSPS) is 12.5. The van der Waals surface area contributed by atoms with Crippen molar-refractivity contribution in [3.63, 3.8) is 0 Å². The summed E-state index contributed by atoms with van der Waals surface area (Å²) in [5.74, 6) is -0.0334. The van der Waals surface area contributed by atoms with Crippen LogP contribution in [-0.2, 0) is 11.3 Å². The summed E-state index contributed by atoms with van der Waals surface area (Å²) in [6.45, 7) is 8.07. The molecule has 0 saturated heterocycles. The Balaban J connectivity index is 2.88. The zero-order valence-electron chi connectivity index (χ0n) is 12.9. The molecular formula is C15H23N3O3. The molecule has 0 aliphatic rings. The molecule has 0 fully saturated rings. The van der Waals surface area contributed by atoms with Crippen molar-refractivity contribution in [3.8, 4) is 0 Å². The zero-order valence-corrected chi connectivity index (χ0v) is 12.9. The van der Waals surface area contributed by atoms with E-state index in [1.165, 1.54) is 12.1 Å². The molecule has 0 aromatic heterocycles. The van der Waals surface area contributed by atoms with Gasteiger partial charge in [0.15, 0.2) is 0 Å². The quantitative estimate of drug-likeness (QED) is 0.643. The van der Waals surface area contributed by atoms with Gasteiger partial charge in [0.25, 0.3) is 5.69 Å². The highest BCUT2D eigenvalue weighted by molar-refractivity contribution is 5.82. The first-order valence-electron chi connectivity index (χ1n) is 7.03. The number of nitro groups is 1. The third-order valence-corrected chi connectivity index (χ3v) is 3.41. The number of non-ortho nitro benzene ring substituents is 1. The highest BCUT2D eigenvalue weighted by atomic mass is 16.6. The maximum atomic E-state index is 12.4. The zero-order chi connectivity index (χ0) is 16.2. The highest BCUT2D eigenvalue weighted by Gasteiger charge is 2.25. The summed E-state index contributed by atoms with van der Waals surface area (Å²) in [4.78, 5) is 24.3. The van der Waals surface area contributed by atoms with Crippen LogP contribution >= 0.6 is 0 Å². The van der Waals surface area contributed by atoms with Gasteiger partial charge in [-0.25, -0.2) is 0 Å². The number of rotatable bonds is 6. The van der Waals surface area contributed by atoms with Gasteiger partial charge in [-0.15, -0.1) is 0 Å². The molecule has 1 aromatic carbocycles. The summed E-state index contributed by atoms with van der Waals surface area (Å²) < 4.78 is 0. The van der Waals surface area contributed by atoms with E-state index in [1.54, 1.807) is 17.0 Å². The Morgan fingerprint density at radius 3 is 2.14 bits per heavy atom. The number of hydrogen-bond acceptors (Lipinski definition) is 4. The van der Waals surface area contributed by atoms with Gasteiger partial charge < -0.3 is 10.6 Å². The molecule has 0 heterocycles. The van der Waals surface area contributed by atoms with Crippen molar-refractivity contribution >= 4 is 11.6 Å². The van der Waals surface area contributed by atoms with Crippen LogP contribution in [0.25, 0.3) is 0 Å². The predicted octanol–water partition coefficient (Wildman–Crippen LogP) is 2.32. The summed E-state index contributed by atoms with van der Waals surface area (Å²) in [5, 5.41) is 10.6. The fraction of sp³-hybridized carbons (Fsp3) is 0.533. The second kappa shape index (κ2) is 7.17. The number of nitrogens with two attached hydrogens (primary N) is 1. The molecule has 6 nitrogen and oxygen atoms in total. The monoisotopic (exact) mass is 293 g/mol. The minimum absolute atomic E-state index is 0.0116. The van der Waals surface area contributed by atoms with Gasteiger partial charge in [0, 0.05) is 24.7 Å². The van der Waals surface area contributed by atoms with Crippen molar-refractivity contribution < 1.29 is 9.72 Å². The number of nitro benzene ring substituents is 1. The smallest absolute Gasteiger partial charge is 0.269 e. The Kier molecular flexibility index (Phi) is 5.84. The summed E-state index contributed by atoms with van der Waals surface area (Å²) in [7, 11) is 0. The van der Waals surface area contributed by atoms with Gasteiger partial charge in [-0.05, 0) is 25.3 Å². The fourth-order valence-electron chi connectivity index (χ4n) is 1.91. The van der Waals surface area contributed by atoms with Gasteiger partial charge in [-0.2, -0.15) is 0 Å². The second-order valence-electron chi connectivity index (χ2n) is 5.75. The van der Waals surface area contributed by atoms with Crippen molar-refractivity contribution in [2.24, 2.45) is 11.7 Å². The molecule has 21 heavy (non-hydrogen) atoms. The molecule has 0 bridgehead atoms. The van der Waals surface area contributed by atoms with E-state index in [0.717, 1.165) is 5.56 Å². The number of hydrogen-bond donors (Lipinski definition) is 1. The van der Waals surface area contributed by atoms with E-state index >= 15 is 0 Å². The largest absolute Gasteiger partial charge is 0.335 e. The summed E-state index contributed by atoms with van der Waals surface area (Å²) >= 11 is 0. The van der Waals surface area contributed by atoms with Crippen LogP contribution in [0.5, 0.6) is 0 Å². The molecule has 116 valence electrons. The molecule has 0 unspecified atom stereocenters. The molecular weight excluding hydrogens is 270 g/mol. The number of carbonyl (C=O) groups excluding carboxylic acids is 1. The van der Waals surface area contributed by atoms with Gasteiger partial charge in [0.2, 0.25) is 5.91 Å². The van der Waals surface area contributed by atoms with Crippen molar-refractivity contribution in [1.82, 2.24) is 4.90 Å². The van der Waals surface area contributed by atoms with E-state index in [4.69, 9.17) is 5.73 Å². The maximum absolute atomic E-state index is 12.4. The lowest BCUT2D eigenvalue weighted by Crippen LogP contribution is -2.48. The van der Waals surface area contributed by atoms with Crippen LogP contribution in [0, 0.1) is 16.0 Å². The summed E-state index contributed by atoms with van der Waals surface area (Å²) in [6, 6.07) is 5.70. The Morgan fingerprint density at radius 1 is 1.24 bits per heavy atom. The molecule has 0 spiro atoms. The van der Waals surface area contributed by atoms with Crippen LogP contribution in [0.15, 0.2) is 24.3 Å². The van der Waals surface area contributed by atoms with Gasteiger partial charge in [0.05, 0.1) is 11.0 Å². The lowest BCUT2D eigenvalue weighted by atomic mass is 10.0. The molecule has 0 saturated carbocycles. The van der Waals surface area contributed by atoms with E-state index in [-0.39, 0.29) is 23.6 Å². The minimum atomic E-state index is -0.537. The fourth-order valence-corrected chi connectivity index (χ4v) is 1.91. The van der Waals surface area contributed by atoms with E-state index < -0.39 is 11.0 Å². The Bertz CT molecular complexity index is 497. The van der Waals surface area contributed by atoms with Gasteiger partial charge >= 0.3 is 0 Å². The minimum Gasteiger partial charge on any atom is -0.335 e. The Hall–Kier alpha value is -1.95. The molecule has 1 amide bonds. The van der Waals surface area contributed by atoms with Crippen molar-refractivity contribution in [3.05, 3.63) is 39.9 Å². The van der Waals surface area contributed by atoms with Crippen LogP contribution in [0.2, 0.25) is 0 Å². The SMILES string of the molecule is CC(C)[C@H](N)C(=O)N(Cc1ccc([N+](=O)[O-])cc1)C(C)C. The first-order valence-corrected chi connectivity index (χ1v) is 7.03. The van der Waals surface area contributed by atoms with Crippen LogP contribution in [0.1, 0.15) is 33.3 Å². The van der Waals surface area contributed by atoms with Crippen LogP contribution in [0.3, 0.4) is 0 Å². The molecule has 2 N–H and O–H groups in total. The van der Waals surface area contributed by atoms with Crippen molar-refractivity contribution in [2.45, 2.75) is 46.3 Å². The second-order valence-corrected chi connectivity index (χ2v) is 5.75. The molecule has 1 aromatic rings. The average molecular weight is 293 g/mol. The summed E-state index contributed by atoms with van der Waals surface area (Å²) in [5.41, 5.74) is 6.82. The average Bonchev–Trinajstić information content (AvgIpc) is 2.43. The van der Waals surface area contributed by atoms with Crippen molar-refractivity contribution in [1.29, 1.82) is 0 Å². The molecule has 0 radical (unpaired) electrons. The van der Waals surface area contributed by atoms with Crippen LogP contribution < -0.4 is 5.73 Å². The van der Waals surface area contributed by atoms with Gasteiger partial charge in [-0.3, -0.25) is 14.9 Å². The highest BCUT2D eigenvalue weighted by Crippen LogP contribution is 2.16. The lowest BCUT2D eigenvalue weighted by molar-refractivity contribution is -0.384. The molecule has 0 aliphatic heterocycles. The van der Waals surface area contributed by atoms with E-state index in [9.17, 15) is 14.9 Å². The Morgan fingerprint density at radius 2 is 1.76 bits per heavy atom. The van der Waals surface area contributed by atoms with E-state index in [0.29, 0.717) is 6.54 Å². The molecule has 0 aliphatic carbocycles. The standard InChI is InChI=1S/C15H23N3O3/c1-10(2)14(16)15(19)17(11(3)4)9-12-5-7-13(8-6-12)18(20)21/h5-8,10-11,14H,9,16H2,1-4H3/t14-/m0/s1. The van der Waals surface area contributed by atoms with Gasteiger partial charge in [0.1, 0.15) is 0 Å². The number of benzene rings is 1. The van der Waals surface area contributed by atoms with Crippen molar-refractivity contribution in [2.75, 3.05) is 0 Å². The third kappa shape index (κ3) is 4.53. The topological polar surface area (TPSA) is 89.5 Å². The van der Waals surface area contributed by atoms with Crippen LogP contribution in [-0.4, -0.2) is 27.8 Å². The van der Waals surface area contributed by atoms with E-state index in [1.807, 2.05) is 27.7 Å².